The molecule has 0 spiro atoms. The molecular weight excluding hydrogens is 479 g/mol. The van der Waals surface area contributed by atoms with Crippen molar-refractivity contribution in [3.63, 3.8) is 0 Å². The van der Waals surface area contributed by atoms with Crippen LogP contribution in [0.15, 0.2) is 0 Å². The van der Waals surface area contributed by atoms with Crippen molar-refractivity contribution in [3.8, 4) is 0 Å². The molecule has 1 aliphatic carbocycles. The van der Waals surface area contributed by atoms with Crippen LogP contribution in [0.2, 0.25) is 6.32 Å². The summed E-state index contributed by atoms with van der Waals surface area (Å²) in [5.41, 5.74) is 7.69. The maximum absolute atomic E-state index is 12.6. The van der Waals surface area contributed by atoms with Crippen molar-refractivity contribution in [2.75, 3.05) is 13.1 Å². The van der Waals surface area contributed by atoms with Crippen LogP contribution in [0.3, 0.4) is 0 Å². The number of rotatable bonds is 12. The van der Waals surface area contributed by atoms with Gasteiger partial charge in [0.1, 0.15) is 5.54 Å². The fourth-order valence-electron chi connectivity index (χ4n) is 4.26. The Bertz CT molecular complexity index is 963. The molecule has 0 amide bonds. The largest absolute Gasteiger partial charge is 0.528 e. The van der Waals surface area contributed by atoms with Crippen LogP contribution in [0.1, 0.15) is 32.1 Å². The molecule has 1 saturated carbocycles. The third kappa shape index (κ3) is 5.50. The monoisotopic (exact) mass is 506 g/mol. The standard InChI is InChI=1S/C17H27BN4O11S/c19-10-4-11(10)21-34(30,31)22-7-9(17(20,8-22)14(27)28)2-1-3-18-32-15(29)16(33-18,5-12(23)24)6-13(25)26/h9-11,21H,1-8,19-20H2,(H,23,24)(H,25,26)(H,27,28)/t9-,10-,11-,17-/m0/s1. The number of carboxylic acid groups (broad SMARTS) is 3. The second-order valence-corrected chi connectivity index (χ2v) is 10.7. The number of aliphatic carboxylic acids is 3. The second-order valence-electron chi connectivity index (χ2n) is 8.98. The summed E-state index contributed by atoms with van der Waals surface area (Å²) in [7, 11) is -5.23. The summed E-state index contributed by atoms with van der Waals surface area (Å²) in [5.74, 6) is -6.15. The minimum absolute atomic E-state index is 0.000848. The molecule has 4 atom stereocenters. The van der Waals surface area contributed by atoms with Crippen LogP contribution in [0.4, 0.5) is 0 Å². The molecule has 15 nitrogen and oxygen atoms in total. The van der Waals surface area contributed by atoms with Crippen molar-refractivity contribution in [1.29, 1.82) is 0 Å². The third-order valence-electron chi connectivity index (χ3n) is 6.30. The normalized spacial score (nSPS) is 30.8. The Morgan fingerprint density at radius 1 is 1.21 bits per heavy atom. The van der Waals surface area contributed by atoms with Crippen LogP contribution >= 0.6 is 0 Å². The van der Waals surface area contributed by atoms with Crippen LogP contribution in [-0.2, 0) is 38.7 Å². The van der Waals surface area contributed by atoms with Gasteiger partial charge in [-0.1, -0.05) is 6.42 Å². The molecule has 0 radical (unpaired) electrons. The van der Waals surface area contributed by atoms with Gasteiger partial charge in [-0.25, -0.2) is 0 Å². The molecular formula is C17H27BN4O11S. The van der Waals surface area contributed by atoms with Crippen molar-refractivity contribution < 1.29 is 52.2 Å². The Balaban J connectivity index is 1.61. The molecule has 0 bridgehead atoms. The van der Waals surface area contributed by atoms with E-state index in [4.69, 9.17) is 31.0 Å². The Hall–Kier alpha value is -2.31. The molecule has 17 heteroatoms. The third-order valence-corrected chi connectivity index (χ3v) is 7.86. The number of hydrogen-bond acceptors (Lipinski definition) is 10. The van der Waals surface area contributed by atoms with Crippen molar-refractivity contribution in [3.05, 3.63) is 0 Å². The van der Waals surface area contributed by atoms with Gasteiger partial charge in [0.2, 0.25) is 0 Å². The highest BCUT2D eigenvalue weighted by atomic mass is 32.2. The highest BCUT2D eigenvalue weighted by Crippen LogP contribution is 2.35. The summed E-state index contributed by atoms with van der Waals surface area (Å²) >= 11 is 0. The fourth-order valence-corrected chi connectivity index (χ4v) is 5.82. The molecule has 190 valence electrons. The van der Waals surface area contributed by atoms with Crippen LogP contribution < -0.4 is 16.2 Å². The van der Waals surface area contributed by atoms with Gasteiger partial charge in [0.05, 0.1) is 12.8 Å². The predicted molar refractivity (Wildman–Crippen MR) is 112 cm³/mol. The summed E-state index contributed by atoms with van der Waals surface area (Å²) in [4.78, 5) is 46.3. The topological polar surface area (TPSA) is 249 Å². The lowest BCUT2D eigenvalue weighted by Crippen LogP contribution is -2.55. The quantitative estimate of drug-likeness (QED) is 0.146. The van der Waals surface area contributed by atoms with E-state index in [0.717, 1.165) is 4.31 Å². The number of carboxylic acids is 3. The summed E-state index contributed by atoms with van der Waals surface area (Å²) in [6, 6.07) is -0.703. The average molecular weight is 506 g/mol. The highest BCUT2D eigenvalue weighted by molar-refractivity contribution is 7.87. The number of nitrogens with one attached hydrogen (secondary N) is 1. The molecule has 3 aliphatic rings. The van der Waals surface area contributed by atoms with Gasteiger partial charge in [0.15, 0.2) is 5.60 Å². The predicted octanol–water partition coefficient (Wildman–Crippen LogP) is -2.84. The van der Waals surface area contributed by atoms with Gasteiger partial charge in [-0.05, 0) is 19.2 Å². The lowest BCUT2D eigenvalue weighted by molar-refractivity contribution is -0.157. The molecule has 3 rings (SSSR count). The lowest BCUT2D eigenvalue weighted by atomic mass is 9.78. The van der Waals surface area contributed by atoms with E-state index >= 15 is 0 Å². The van der Waals surface area contributed by atoms with Crippen LogP contribution in [0.25, 0.3) is 0 Å². The van der Waals surface area contributed by atoms with Crippen LogP contribution in [0.5, 0.6) is 0 Å². The van der Waals surface area contributed by atoms with Gasteiger partial charge >= 0.3 is 31.0 Å². The molecule has 0 aromatic rings. The van der Waals surface area contributed by atoms with Crippen molar-refractivity contribution in [2.24, 2.45) is 17.4 Å². The fraction of sp³-hybridized carbons (Fsp3) is 0.765. The number of nitrogens with zero attached hydrogens (tertiary/aromatic N) is 1. The lowest BCUT2D eigenvalue weighted by Gasteiger charge is -2.25. The minimum atomic E-state index is -4.00. The van der Waals surface area contributed by atoms with Gasteiger partial charge in [0, 0.05) is 31.1 Å². The molecule has 0 aromatic carbocycles. The van der Waals surface area contributed by atoms with E-state index in [1.807, 2.05) is 0 Å². The first-order chi connectivity index (χ1) is 15.7. The molecule has 2 heterocycles. The molecule has 2 aliphatic heterocycles. The number of carbonyl (C=O) groups is 4. The van der Waals surface area contributed by atoms with E-state index in [9.17, 15) is 32.7 Å². The van der Waals surface area contributed by atoms with E-state index in [-0.39, 0.29) is 31.7 Å². The molecule has 0 unspecified atom stereocenters. The Morgan fingerprint density at radius 3 is 2.29 bits per heavy atom. The molecule has 0 aromatic heterocycles. The summed E-state index contributed by atoms with van der Waals surface area (Å²) in [6.45, 7) is -0.604. The second kappa shape index (κ2) is 9.39. The zero-order valence-corrected chi connectivity index (χ0v) is 18.9. The zero-order chi connectivity index (χ0) is 25.5. The first-order valence-electron chi connectivity index (χ1n) is 10.6. The van der Waals surface area contributed by atoms with E-state index in [1.54, 1.807) is 0 Å². The zero-order valence-electron chi connectivity index (χ0n) is 18.1. The smallest absolute Gasteiger partial charge is 0.507 e. The molecule has 8 N–H and O–H groups in total. The van der Waals surface area contributed by atoms with Crippen molar-refractivity contribution in [2.45, 2.75) is 61.6 Å². The van der Waals surface area contributed by atoms with Crippen LogP contribution in [-0.4, -0.2) is 95.4 Å². The van der Waals surface area contributed by atoms with Gasteiger partial charge < -0.3 is 36.1 Å². The van der Waals surface area contributed by atoms with Crippen molar-refractivity contribution in [1.82, 2.24) is 9.03 Å². The maximum atomic E-state index is 12.6. The van der Waals surface area contributed by atoms with Crippen LogP contribution in [0, 0.1) is 5.92 Å². The van der Waals surface area contributed by atoms with Gasteiger partial charge in [-0.2, -0.15) is 17.4 Å². The number of hydrogen-bond donors (Lipinski definition) is 6. The van der Waals surface area contributed by atoms with Gasteiger partial charge in [-0.15, -0.1) is 0 Å². The highest BCUT2D eigenvalue weighted by Gasteiger charge is 2.56. The molecule has 2 saturated heterocycles. The van der Waals surface area contributed by atoms with E-state index < -0.39 is 83.7 Å². The average Bonchev–Trinajstić information content (AvgIpc) is 3.11. The van der Waals surface area contributed by atoms with E-state index in [2.05, 4.69) is 4.72 Å². The SMILES string of the molecule is N[C@H]1C[C@@H]1NS(=O)(=O)N1C[C@H](CCCB2OC(=O)C(CC(=O)O)(CC(=O)O)O2)[C@](N)(C(=O)O)C1. The summed E-state index contributed by atoms with van der Waals surface area (Å²) in [6.07, 6.45) is -1.01. The Kier molecular flexibility index (Phi) is 7.26. The maximum Gasteiger partial charge on any atom is 0.528 e. The van der Waals surface area contributed by atoms with Crippen molar-refractivity contribution >= 4 is 41.2 Å². The first-order valence-corrected chi connectivity index (χ1v) is 12.0. The van der Waals surface area contributed by atoms with E-state index in [1.165, 1.54) is 0 Å². The Labute approximate surface area is 195 Å². The Morgan fingerprint density at radius 2 is 1.79 bits per heavy atom. The molecule has 34 heavy (non-hydrogen) atoms. The molecule has 3 fully saturated rings. The first kappa shape index (κ1) is 26.3. The minimum Gasteiger partial charge on any atom is -0.507 e. The summed E-state index contributed by atoms with van der Waals surface area (Å²) in [5, 5.41) is 27.7. The van der Waals surface area contributed by atoms with Gasteiger partial charge in [0.25, 0.3) is 10.2 Å². The number of carbonyl (C=O) groups excluding carboxylic acids is 1. The number of nitrogens with two attached hydrogens (primary N) is 2. The van der Waals surface area contributed by atoms with E-state index in [0.29, 0.717) is 6.42 Å². The van der Waals surface area contributed by atoms with Gasteiger partial charge in [-0.3, -0.25) is 19.2 Å². The summed E-state index contributed by atoms with van der Waals surface area (Å²) < 4.78 is 38.9.